The van der Waals surface area contributed by atoms with E-state index in [0.29, 0.717) is 0 Å². The first kappa shape index (κ1) is 8.24. The first-order valence-electron chi connectivity index (χ1n) is 4.84. The van der Waals surface area contributed by atoms with Crippen LogP contribution in [0.15, 0.2) is 48.8 Å². The van der Waals surface area contributed by atoms with E-state index in [-0.39, 0.29) is 0 Å². The fourth-order valence-corrected chi connectivity index (χ4v) is 1.75. The Balaban J connectivity index is 2.28. The number of aromatic nitrogens is 2. The molecule has 0 bridgehead atoms. The number of hydrogen-bond acceptors (Lipinski definition) is 1. The quantitative estimate of drug-likeness (QED) is 0.632. The number of fused-ring (bicyclic) bond motifs is 1. The van der Waals surface area contributed by atoms with Crippen LogP contribution < -0.4 is 0 Å². The lowest BCUT2D eigenvalue weighted by Crippen LogP contribution is -1.75. The van der Waals surface area contributed by atoms with Gasteiger partial charge in [0, 0.05) is 28.9 Å². The lowest BCUT2D eigenvalue weighted by atomic mass is 10.1. The SMILES string of the molecule is [c]1[nH]c2ccccc2c1-c1ccncc1. The minimum atomic E-state index is 1.10. The topological polar surface area (TPSA) is 28.7 Å². The summed E-state index contributed by atoms with van der Waals surface area (Å²) in [4.78, 5) is 7.15. The van der Waals surface area contributed by atoms with Crippen molar-refractivity contribution in [3.8, 4) is 11.1 Å². The molecule has 3 rings (SSSR count). The molecule has 0 aliphatic rings. The Morgan fingerprint density at radius 1 is 1.00 bits per heavy atom. The highest BCUT2D eigenvalue weighted by molar-refractivity contribution is 5.94. The molecule has 2 nitrogen and oxygen atoms in total. The molecule has 1 radical (unpaired) electrons. The molecule has 0 fully saturated rings. The predicted octanol–water partition coefficient (Wildman–Crippen LogP) is 3.03. The summed E-state index contributed by atoms with van der Waals surface area (Å²) in [5.41, 5.74) is 3.36. The first-order valence-corrected chi connectivity index (χ1v) is 4.84. The van der Waals surface area contributed by atoms with Gasteiger partial charge in [-0.2, -0.15) is 0 Å². The summed E-state index contributed by atoms with van der Waals surface area (Å²) >= 11 is 0. The van der Waals surface area contributed by atoms with E-state index in [1.54, 1.807) is 12.4 Å². The van der Waals surface area contributed by atoms with Crippen molar-refractivity contribution in [2.45, 2.75) is 0 Å². The number of pyridine rings is 1. The van der Waals surface area contributed by atoms with Gasteiger partial charge in [-0.05, 0) is 23.8 Å². The zero-order valence-electron chi connectivity index (χ0n) is 8.07. The van der Waals surface area contributed by atoms with Gasteiger partial charge in [-0.25, -0.2) is 0 Å². The molecule has 0 atom stereocenters. The molecule has 0 aliphatic carbocycles. The number of nitrogens with zero attached hydrogens (tertiary/aromatic N) is 1. The molecule has 71 valence electrons. The minimum Gasteiger partial charge on any atom is -0.353 e. The maximum atomic E-state index is 4.01. The second-order valence-corrected chi connectivity index (χ2v) is 3.41. The van der Waals surface area contributed by atoms with Crippen molar-refractivity contribution in [2.75, 3.05) is 0 Å². The van der Waals surface area contributed by atoms with Crippen LogP contribution in [0, 0.1) is 6.20 Å². The molecule has 0 unspecified atom stereocenters. The number of benzene rings is 1. The average Bonchev–Trinajstić information content (AvgIpc) is 2.74. The zero-order valence-corrected chi connectivity index (χ0v) is 8.07. The summed E-state index contributed by atoms with van der Waals surface area (Å²) in [6, 6.07) is 12.2. The average molecular weight is 193 g/mol. The maximum Gasteiger partial charge on any atom is 0.0716 e. The molecule has 3 aromatic rings. The van der Waals surface area contributed by atoms with E-state index in [1.807, 2.05) is 24.3 Å². The molecular weight excluding hydrogens is 184 g/mol. The van der Waals surface area contributed by atoms with E-state index in [0.717, 1.165) is 16.6 Å². The molecule has 2 aromatic heterocycles. The third-order valence-corrected chi connectivity index (χ3v) is 2.49. The molecule has 2 heterocycles. The lowest BCUT2D eigenvalue weighted by Gasteiger charge is -1.97. The molecular formula is C13H9N2. The van der Waals surface area contributed by atoms with E-state index in [9.17, 15) is 0 Å². The largest absolute Gasteiger partial charge is 0.353 e. The van der Waals surface area contributed by atoms with Gasteiger partial charge in [0.2, 0.25) is 0 Å². The second-order valence-electron chi connectivity index (χ2n) is 3.41. The Labute approximate surface area is 87.6 Å². The summed E-state index contributed by atoms with van der Waals surface area (Å²) in [6.45, 7) is 0. The van der Waals surface area contributed by atoms with Gasteiger partial charge in [0.05, 0.1) is 6.20 Å². The number of aromatic amines is 1. The van der Waals surface area contributed by atoms with Crippen LogP contribution in [0.3, 0.4) is 0 Å². The maximum absolute atomic E-state index is 4.01. The van der Waals surface area contributed by atoms with Crippen molar-refractivity contribution in [3.63, 3.8) is 0 Å². The van der Waals surface area contributed by atoms with E-state index >= 15 is 0 Å². The highest BCUT2D eigenvalue weighted by Gasteiger charge is 2.04. The van der Waals surface area contributed by atoms with Gasteiger partial charge in [-0.3, -0.25) is 4.98 Å². The van der Waals surface area contributed by atoms with Crippen LogP contribution in [-0.2, 0) is 0 Å². The van der Waals surface area contributed by atoms with Gasteiger partial charge in [-0.15, -0.1) is 0 Å². The van der Waals surface area contributed by atoms with Gasteiger partial charge < -0.3 is 4.98 Å². The van der Waals surface area contributed by atoms with Crippen LogP contribution in [0.4, 0.5) is 0 Å². The van der Waals surface area contributed by atoms with Crippen LogP contribution in [0.25, 0.3) is 22.0 Å². The van der Waals surface area contributed by atoms with Crippen molar-refractivity contribution >= 4 is 10.9 Å². The molecule has 0 amide bonds. The fourth-order valence-electron chi connectivity index (χ4n) is 1.75. The molecule has 0 aliphatic heterocycles. The van der Waals surface area contributed by atoms with E-state index in [2.05, 4.69) is 28.3 Å². The van der Waals surface area contributed by atoms with E-state index in [4.69, 9.17) is 0 Å². The highest BCUT2D eigenvalue weighted by atomic mass is 14.7. The number of nitrogens with one attached hydrogen (secondary N) is 1. The zero-order chi connectivity index (χ0) is 10.1. The Kier molecular flexibility index (Phi) is 1.78. The minimum absolute atomic E-state index is 1.10. The van der Waals surface area contributed by atoms with Gasteiger partial charge >= 0.3 is 0 Å². The van der Waals surface area contributed by atoms with Gasteiger partial charge in [-0.1, -0.05) is 18.2 Å². The number of rotatable bonds is 1. The van der Waals surface area contributed by atoms with Crippen LogP contribution >= 0.6 is 0 Å². The van der Waals surface area contributed by atoms with Crippen LogP contribution in [0.1, 0.15) is 0 Å². The molecule has 0 spiro atoms. The van der Waals surface area contributed by atoms with Gasteiger partial charge in [0.25, 0.3) is 0 Å². The van der Waals surface area contributed by atoms with Gasteiger partial charge in [0.15, 0.2) is 0 Å². The molecule has 1 aromatic carbocycles. The molecule has 0 saturated heterocycles. The molecule has 2 heteroatoms. The second kappa shape index (κ2) is 3.24. The van der Waals surface area contributed by atoms with Crippen molar-refractivity contribution in [3.05, 3.63) is 55.0 Å². The van der Waals surface area contributed by atoms with Crippen LogP contribution in [-0.4, -0.2) is 9.97 Å². The first-order chi connectivity index (χ1) is 7.45. The predicted molar refractivity (Wildman–Crippen MR) is 60.4 cm³/mol. The van der Waals surface area contributed by atoms with E-state index in [1.165, 1.54) is 5.39 Å². The highest BCUT2D eigenvalue weighted by Crippen LogP contribution is 2.26. The summed E-state index contributed by atoms with van der Waals surface area (Å²) in [5, 5.41) is 1.20. The molecule has 15 heavy (non-hydrogen) atoms. The summed E-state index contributed by atoms with van der Waals surface area (Å²) in [5.74, 6) is 0. The Bertz CT molecular complexity index is 582. The van der Waals surface area contributed by atoms with Crippen molar-refractivity contribution in [1.82, 2.24) is 9.97 Å². The van der Waals surface area contributed by atoms with Crippen molar-refractivity contribution < 1.29 is 0 Å². The Morgan fingerprint density at radius 3 is 2.67 bits per heavy atom. The van der Waals surface area contributed by atoms with Crippen molar-refractivity contribution in [2.24, 2.45) is 0 Å². The van der Waals surface area contributed by atoms with Crippen LogP contribution in [0.2, 0.25) is 0 Å². The Morgan fingerprint density at radius 2 is 1.80 bits per heavy atom. The van der Waals surface area contributed by atoms with E-state index < -0.39 is 0 Å². The standard InChI is InChI=1S/C13H9N2/c1-2-4-13-11(3-1)12(9-15-13)10-5-7-14-8-6-10/h1-8,15H. The van der Waals surface area contributed by atoms with Gasteiger partial charge in [0.1, 0.15) is 0 Å². The smallest absolute Gasteiger partial charge is 0.0716 e. The van der Waals surface area contributed by atoms with Crippen molar-refractivity contribution in [1.29, 1.82) is 0 Å². The van der Waals surface area contributed by atoms with Crippen LogP contribution in [0.5, 0.6) is 0 Å². The molecule has 0 saturated carbocycles. The third kappa shape index (κ3) is 1.31. The third-order valence-electron chi connectivity index (χ3n) is 2.49. The normalized spacial score (nSPS) is 10.7. The lowest BCUT2D eigenvalue weighted by molar-refractivity contribution is 1.33. The number of para-hydroxylation sites is 1. The monoisotopic (exact) mass is 193 g/mol. The molecule has 1 N–H and O–H groups in total. The number of hydrogen-bond donors (Lipinski definition) is 1. The summed E-state index contributed by atoms with van der Waals surface area (Å²) in [7, 11) is 0. The summed E-state index contributed by atoms with van der Waals surface area (Å²) in [6.07, 6.45) is 6.77. The fraction of sp³-hybridized carbons (Fsp3) is 0. The summed E-state index contributed by atoms with van der Waals surface area (Å²) < 4.78 is 0. The Hall–Kier alpha value is -2.09. The number of H-pyrrole nitrogens is 1.